The Morgan fingerprint density at radius 1 is 1.21 bits per heavy atom. The van der Waals surface area contributed by atoms with Gasteiger partial charge in [0.05, 0.1) is 5.02 Å². The zero-order valence-electron chi connectivity index (χ0n) is 15.4. The summed E-state index contributed by atoms with van der Waals surface area (Å²) in [6.45, 7) is 6.09. The van der Waals surface area contributed by atoms with E-state index in [1.807, 2.05) is 11.5 Å². The molecule has 152 valence electrons. The van der Waals surface area contributed by atoms with Gasteiger partial charge in [0.2, 0.25) is 0 Å². The van der Waals surface area contributed by atoms with Gasteiger partial charge in [-0.2, -0.15) is 0 Å². The summed E-state index contributed by atoms with van der Waals surface area (Å²) in [5.41, 5.74) is 0.420. The van der Waals surface area contributed by atoms with Gasteiger partial charge in [0.25, 0.3) is 0 Å². The van der Waals surface area contributed by atoms with Crippen LogP contribution in [0.1, 0.15) is 24.4 Å². The largest absolute Gasteiger partial charge is 0.481 e. The standard InChI is InChI=1S/C20H17Cl3FN3OS/c1-3-9-27-19(12(2)28-18-10-13(21)7-8-16(18)23)25-26-20(27)29-11-14-15(22)5-4-6-17(14)24/h3-8,10,12H,1,9,11H2,2H3. The van der Waals surface area contributed by atoms with E-state index in [0.29, 0.717) is 49.7 Å². The first-order valence-electron chi connectivity index (χ1n) is 8.62. The van der Waals surface area contributed by atoms with Crippen molar-refractivity contribution in [3.8, 4) is 5.75 Å². The minimum absolute atomic E-state index is 0.316. The van der Waals surface area contributed by atoms with E-state index in [1.165, 1.54) is 17.8 Å². The van der Waals surface area contributed by atoms with Crippen LogP contribution >= 0.6 is 46.6 Å². The quantitative estimate of drug-likeness (QED) is 0.261. The number of rotatable bonds is 8. The van der Waals surface area contributed by atoms with Crippen LogP contribution in [-0.4, -0.2) is 14.8 Å². The first-order chi connectivity index (χ1) is 13.9. The van der Waals surface area contributed by atoms with Crippen molar-refractivity contribution in [2.24, 2.45) is 0 Å². The van der Waals surface area contributed by atoms with E-state index in [0.717, 1.165) is 0 Å². The highest BCUT2D eigenvalue weighted by atomic mass is 35.5. The number of aromatic nitrogens is 3. The zero-order valence-corrected chi connectivity index (χ0v) is 18.5. The van der Waals surface area contributed by atoms with Crippen LogP contribution in [0, 0.1) is 5.82 Å². The summed E-state index contributed by atoms with van der Waals surface area (Å²) in [6.07, 6.45) is 1.27. The van der Waals surface area contributed by atoms with Crippen LogP contribution in [0.5, 0.6) is 5.75 Å². The lowest BCUT2D eigenvalue weighted by Crippen LogP contribution is -2.12. The number of nitrogens with zero attached hydrogens (tertiary/aromatic N) is 3. The van der Waals surface area contributed by atoms with Crippen molar-refractivity contribution in [1.82, 2.24) is 14.8 Å². The minimum Gasteiger partial charge on any atom is -0.481 e. The van der Waals surface area contributed by atoms with Crippen molar-refractivity contribution in [1.29, 1.82) is 0 Å². The molecule has 0 saturated carbocycles. The van der Waals surface area contributed by atoms with Gasteiger partial charge in [-0.3, -0.25) is 4.57 Å². The second-order valence-corrected chi connectivity index (χ2v) is 8.26. The molecule has 1 heterocycles. The average Bonchev–Trinajstić information content (AvgIpc) is 3.07. The van der Waals surface area contributed by atoms with Crippen LogP contribution in [-0.2, 0) is 12.3 Å². The van der Waals surface area contributed by atoms with E-state index in [9.17, 15) is 4.39 Å². The molecule has 3 aromatic rings. The Balaban J connectivity index is 1.82. The Bertz CT molecular complexity index is 1010. The third kappa shape index (κ3) is 5.25. The third-order valence-corrected chi connectivity index (χ3v) is 5.92. The monoisotopic (exact) mass is 471 g/mol. The summed E-state index contributed by atoms with van der Waals surface area (Å²) in [5.74, 6) is 0.999. The maximum absolute atomic E-state index is 14.0. The second-order valence-electron chi connectivity index (χ2n) is 6.06. The summed E-state index contributed by atoms with van der Waals surface area (Å²) in [6, 6.07) is 9.61. The summed E-state index contributed by atoms with van der Waals surface area (Å²) in [4.78, 5) is 0. The van der Waals surface area contributed by atoms with Gasteiger partial charge in [-0.15, -0.1) is 16.8 Å². The fraction of sp³-hybridized carbons (Fsp3) is 0.200. The van der Waals surface area contributed by atoms with Gasteiger partial charge < -0.3 is 4.74 Å². The van der Waals surface area contributed by atoms with E-state index >= 15 is 0 Å². The molecular formula is C20H17Cl3FN3OS. The van der Waals surface area contributed by atoms with Crippen molar-refractivity contribution < 1.29 is 9.13 Å². The smallest absolute Gasteiger partial charge is 0.191 e. The molecule has 0 aliphatic carbocycles. The normalized spacial score (nSPS) is 12.0. The highest BCUT2D eigenvalue weighted by Gasteiger charge is 2.21. The number of benzene rings is 2. The van der Waals surface area contributed by atoms with Crippen molar-refractivity contribution in [3.63, 3.8) is 0 Å². The number of allylic oxidation sites excluding steroid dienone is 1. The lowest BCUT2D eigenvalue weighted by atomic mass is 10.2. The van der Waals surface area contributed by atoms with Crippen LogP contribution < -0.4 is 4.74 Å². The maximum atomic E-state index is 14.0. The lowest BCUT2D eigenvalue weighted by molar-refractivity contribution is 0.210. The van der Waals surface area contributed by atoms with Crippen LogP contribution in [0.3, 0.4) is 0 Å². The van der Waals surface area contributed by atoms with E-state index < -0.39 is 6.10 Å². The molecule has 0 fully saturated rings. The van der Waals surface area contributed by atoms with E-state index in [2.05, 4.69) is 16.8 Å². The highest BCUT2D eigenvalue weighted by Crippen LogP contribution is 2.33. The Kier molecular flexibility index (Phi) is 7.46. The minimum atomic E-state index is -0.454. The molecule has 0 aliphatic heterocycles. The van der Waals surface area contributed by atoms with Gasteiger partial charge in [0.15, 0.2) is 17.1 Å². The molecule has 0 bridgehead atoms. The molecule has 2 aromatic carbocycles. The average molecular weight is 473 g/mol. The molecule has 0 saturated heterocycles. The molecule has 0 spiro atoms. The fourth-order valence-electron chi connectivity index (χ4n) is 2.63. The number of ether oxygens (including phenoxy) is 1. The fourth-order valence-corrected chi connectivity index (χ4v) is 4.25. The molecule has 0 aliphatic rings. The number of thioether (sulfide) groups is 1. The van der Waals surface area contributed by atoms with Gasteiger partial charge in [-0.1, -0.05) is 58.7 Å². The SMILES string of the molecule is C=CCn1c(SCc2c(F)cccc2Cl)nnc1C(C)Oc1cc(Cl)ccc1Cl. The summed E-state index contributed by atoms with van der Waals surface area (Å²) in [7, 11) is 0. The van der Waals surface area contributed by atoms with Crippen LogP contribution in [0.2, 0.25) is 15.1 Å². The van der Waals surface area contributed by atoms with Crippen LogP contribution in [0.25, 0.3) is 0 Å². The summed E-state index contributed by atoms with van der Waals surface area (Å²) >= 11 is 19.7. The predicted octanol–water partition coefficient (Wildman–Crippen LogP) is 7.00. The molecule has 9 heteroatoms. The summed E-state index contributed by atoms with van der Waals surface area (Å²) < 4.78 is 21.9. The van der Waals surface area contributed by atoms with E-state index in [4.69, 9.17) is 39.5 Å². The highest BCUT2D eigenvalue weighted by molar-refractivity contribution is 7.98. The number of hydrogen-bond donors (Lipinski definition) is 0. The third-order valence-electron chi connectivity index (χ3n) is 4.03. The molecule has 1 atom stereocenters. The molecule has 29 heavy (non-hydrogen) atoms. The maximum Gasteiger partial charge on any atom is 0.191 e. The van der Waals surface area contributed by atoms with Gasteiger partial charge in [0.1, 0.15) is 11.6 Å². The molecule has 0 amide bonds. The molecule has 4 nitrogen and oxygen atoms in total. The Morgan fingerprint density at radius 3 is 2.72 bits per heavy atom. The first kappa shape index (κ1) is 22.0. The first-order valence-corrected chi connectivity index (χ1v) is 10.7. The number of halogens is 4. The van der Waals surface area contributed by atoms with Crippen molar-refractivity contribution in [2.75, 3.05) is 0 Å². The topological polar surface area (TPSA) is 39.9 Å². The summed E-state index contributed by atoms with van der Waals surface area (Å²) in [5, 5.41) is 10.4. The molecule has 1 aromatic heterocycles. The van der Waals surface area contributed by atoms with Crippen molar-refractivity contribution in [2.45, 2.75) is 30.5 Å². The predicted molar refractivity (Wildman–Crippen MR) is 117 cm³/mol. The molecular weight excluding hydrogens is 456 g/mol. The Morgan fingerprint density at radius 2 is 2.00 bits per heavy atom. The van der Waals surface area contributed by atoms with Gasteiger partial charge >= 0.3 is 0 Å². The number of hydrogen-bond acceptors (Lipinski definition) is 4. The van der Waals surface area contributed by atoms with Gasteiger partial charge in [-0.25, -0.2) is 4.39 Å². The molecule has 0 N–H and O–H groups in total. The van der Waals surface area contributed by atoms with Crippen molar-refractivity contribution in [3.05, 3.63) is 81.3 Å². The lowest BCUT2D eigenvalue weighted by Gasteiger charge is -2.17. The van der Waals surface area contributed by atoms with Crippen molar-refractivity contribution >= 4 is 46.6 Å². The molecule has 0 radical (unpaired) electrons. The van der Waals surface area contributed by atoms with E-state index in [1.54, 1.807) is 36.4 Å². The van der Waals surface area contributed by atoms with Gasteiger partial charge in [0, 0.05) is 34.0 Å². The van der Waals surface area contributed by atoms with Gasteiger partial charge in [-0.05, 0) is 31.2 Å². The Labute approximate surface area is 187 Å². The van der Waals surface area contributed by atoms with Crippen LogP contribution in [0.15, 0.2) is 54.2 Å². The molecule has 3 rings (SSSR count). The second kappa shape index (κ2) is 9.85. The molecule has 1 unspecified atom stereocenters. The Hall–Kier alpha value is -1.73. The van der Waals surface area contributed by atoms with Crippen LogP contribution in [0.4, 0.5) is 4.39 Å². The van der Waals surface area contributed by atoms with E-state index in [-0.39, 0.29) is 5.82 Å². The zero-order chi connectivity index (χ0) is 21.0.